The number of nitrogens with one attached hydrogen (secondary N) is 2. The molecule has 0 aliphatic rings. The van der Waals surface area contributed by atoms with Crippen molar-refractivity contribution in [3.63, 3.8) is 0 Å². The Morgan fingerprint density at radius 3 is 2.00 bits per heavy atom. The maximum Gasteiger partial charge on any atom is 0.267 e. The molecule has 1 aromatic carbocycles. The Hall–Kier alpha value is -2.93. The van der Waals surface area contributed by atoms with Gasteiger partial charge in [0.25, 0.3) is 5.91 Å². The summed E-state index contributed by atoms with van der Waals surface area (Å²) in [5.74, 6) is 0.944. The molecule has 1 aromatic rings. The van der Waals surface area contributed by atoms with Crippen molar-refractivity contribution >= 4 is 11.6 Å². The number of benzene rings is 1. The van der Waals surface area contributed by atoms with Crippen molar-refractivity contribution in [2.45, 2.75) is 13.8 Å². The van der Waals surface area contributed by atoms with Gasteiger partial charge in [-0.2, -0.15) is 0 Å². The number of hydrogen-bond acceptors (Lipinski definition) is 6. The predicted octanol–water partition coefficient (Wildman–Crippen LogP) is 3.04. The molecule has 25 heavy (non-hydrogen) atoms. The van der Waals surface area contributed by atoms with Crippen LogP contribution in [0.3, 0.4) is 0 Å². The summed E-state index contributed by atoms with van der Waals surface area (Å²) in [4.78, 5) is 11.2. The molecule has 0 aliphatic heterocycles. The molecule has 3 N–H and O–H groups in total. The van der Waals surface area contributed by atoms with E-state index in [0.29, 0.717) is 17.2 Å². The van der Waals surface area contributed by atoms with Gasteiger partial charge in [0.1, 0.15) is 0 Å². The molecule has 7 nitrogen and oxygen atoms in total. The molecule has 1 rings (SSSR count). The molecule has 0 fully saturated rings. The summed E-state index contributed by atoms with van der Waals surface area (Å²) in [5, 5.41) is 11.8. The summed E-state index contributed by atoms with van der Waals surface area (Å²) in [7, 11) is 4.64. The molecule has 0 bridgehead atoms. The van der Waals surface area contributed by atoms with Crippen LogP contribution in [0.5, 0.6) is 17.2 Å². The average molecular weight is 348 g/mol. The largest absolute Gasteiger partial charge is 0.493 e. The molecule has 0 radical (unpaired) electrons. The zero-order chi connectivity index (χ0) is 18.8. The molecular formula is C18H24N2O5. The third-order valence-corrected chi connectivity index (χ3v) is 3.38. The SMILES string of the molecule is C/C=C(/C=C/C(=O)NO)C(=C/C)\Nc1cc(OC)c(OC)c(OC)c1. The van der Waals surface area contributed by atoms with Crippen molar-refractivity contribution in [3.8, 4) is 17.2 Å². The Morgan fingerprint density at radius 2 is 1.60 bits per heavy atom. The second-order valence-electron chi connectivity index (χ2n) is 4.79. The molecule has 0 aromatic heterocycles. The van der Waals surface area contributed by atoms with Gasteiger partial charge < -0.3 is 19.5 Å². The number of hydrogen-bond donors (Lipinski definition) is 3. The predicted molar refractivity (Wildman–Crippen MR) is 96.3 cm³/mol. The smallest absolute Gasteiger partial charge is 0.267 e. The van der Waals surface area contributed by atoms with Gasteiger partial charge in [0, 0.05) is 29.6 Å². The van der Waals surface area contributed by atoms with E-state index >= 15 is 0 Å². The molecule has 1 amide bonds. The van der Waals surface area contributed by atoms with E-state index in [2.05, 4.69) is 5.32 Å². The lowest BCUT2D eigenvalue weighted by atomic mass is 10.1. The minimum Gasteiger partial charge on any atom is -0.493 e. The Morgan fingerprint density at radius 1 is 1.00 bits per heavy atom. The van der Waals surface area contributed by atoms with E-state index in [0.717, 1.165) is 17.0 Å². The van der Waals surface area contributed by atoms with E-state index in [1.54, 1.807) is 45.0 Å². The van der Waals surface area contributed by atoms with Gasteiger partial charge in [-0.05, 0) is 25.5 Å². The second-order valence-corrected chi connectivity index (χ2v) is 4.79. The topological polar surface area (TPSA) is 89.1 Å². The van der Waals surface area contributed by atoms with Gasteiger partial charge in [0.05, 0.1) is 21.3 Å². The fourth-order valence-corrected chi connectivity index (χ4v) is 2.16. The first-order valence-electron chi connectivity index (χ1n) is 7.56. The first kappa shape index (κ1) is 20.1. The van der Waals surface area contributed by atoms with E-state index in [1.807, 2.05) is 26.0 Å². The molecule has 0 aliphatic carbocycles. The Kier molecular flexibility index (Phi) is 8.08. The first-order chi connectivity index (χ1) is 12.0. The summed E-state index contributed by atoms with van der Waals surface area (Å²) in [5.41, 5.74) is 3.80. The normalized spacial score (nSPS) is 12.1. The third kappa shape index (κ3) is 5.29. The summed E-state index contributed by atoms with van der Waals surface area (Å²) < 4.78 is 16.0. The number of hydroxylamine groups is 1. The Balaban J connectivity index is 3.17. The molecule has 0 spiro atoms. The highest BCUT2D eigenvalue weighted by Gasteiger charge is 2.14. The minimum absolute atomic E-state index is 0.503. The lowest BCUT2D eigenvalue weighted by molar-refractivity contribution is -0.124. The van der Waals surface area contributed by atoms with Crippen molar-refractivity contribution in [2.75, 3.05) is 26.6 Å². The number of carbonyl (C=O) groups is 1. The summed E-state index contributed by atoms with van der Waals surface area (Å²) in [6, 6.07) is 3.56. The summed E-state index contributed by atoms with van der Waals surface area (Å²) in [6.07, 6.45) is 6.52. The van der Waals surface area contributed by atoms with E-state index in [-0.39, 0.29) is 0 Å². The number of carbonyl (C=O) groups excluding carboxylic acids is 1. The lowest BCUT2D eigenvalue weighted by Crippen LogP contribution is -2.15. The van der Waals surface area contributed by atoms with Gasteiger partial charge in [-0.25, -0.2) is 5.48 Å². The van der Waals surface area contributed by atoms with E-state index in [1.165, 1.54) is 6.08 Å². The molecular weight excluding hydrogens is 324 g/mol. The highest BCUT2D eigenvalue weighted by molar-refractivity contribution is 5.87. The van der Waals surface area contributed by atoms with E-state index in [9.17, 15) is 4.79 Å². The van der Waals surface area contributed by atoms with Crippen LogP contribution in [0.15, 0.2) is 47.7 Å². The number of amides is 1. The number of allylic oxidation sites excluding steroid dienone is 3. The third-order valence-electron chi connectivity index (χ3n) is 3.38. The monoisotopic (exact) mass is 348 g/mol. The van der Waals surface area contributed by atoms with Crippen LogP contribution in [0.2, 0.25) is 0 Å². The van der Waals surface area contributed by atoms with Crippen LogP contribution in [0.4, 0.5) is 5.69 Å². The number of methoxy groups -OCH3 is 3. The maximum absolute atomic E-state index is 11.2. The van der Waals surface area contributed by atoms with Crippen molar-refractivity contribution in [1.29, 1.82) is 0 Å². The number of anilines is 1. The van der Waals surface area contributed by atoms with Gasteiger partial charge in [-0.15, -0.1) is 0 Å². The molecule has 7 heteroatoms. The van der Waals surface area contributed by atoms with Crippen LogP contribution in [-0.4, -0.2) is 32.4 Å². The second kappa shape index (κ2) is 10.0. The van der Waals surface area contributed by atoms with Gasteiger partial charge in [-0.1, -0.05) is 12.2 Å². The van der Waals surface area contributed by atoms with E-state index < -0.39 is 5.91 Å². The molecule has 0 unspecified atom stereocenters. The number of rotatable bonds is 8. The zero-order valence-corrected chi connectivity index (χ0v) is 15.0. The van der Waals surface area contributed by atoms with Crippen LogP contribution < -0.4 is 25.0 Å². The van der Waals surface area contributed by atoms with Gasteiger partial charge in [0.15, 0.2) is 11.5 Å². The van der Waals surface area contributed by atoms with Crippen LogP contribution in [0.25, 0.3) is 0 Å². The molecule has 0 atom stereocenters. The highest BCUT2D eigenvalue weighted by Crippen LogP contribution is 2.40. The van der Waals surface area contributed by atoms with Crippen LogP contribution in [0, 0.1) is 0 Å². The zero-order valence-electron chi connectivity index (χ0n) is 15.0. The highest BCUT2D eigenvalue weighted by atomic mass is 16.5. The molecule has 0 heterocycles. The van der Waals surface area contributed by atoms with Crippen molar-refractivity contribution < 1.29 is 24.2 Å². The number of ether oxygens (including phenoxy) is 3. The van der Waals surface area contributed by atoms with Crippen molar-refractivity contribution in [2.24, 2.45) is 0 Å². The quantitative estimate of drug-likeness (QED) is 0.290. The fraction of sp³-hybridized carbons (Fsp3) is 0.278. The summed E-state index contributed by atoms with van der Waals surface area (Å²) >= 11 is 0. The average Bonchev–Trinajstić information content (AvgIpc) is 2.65. The Labute approximate surface area is 147 Å². The fourth-order valence-electron chi connectivity index (χ4n) is 2.16. The van der Waals surface area contributed by atoms with Gasteiger partial charge in [0.2, 0.25) is 5.75 Å². The Bertz CT molecular complexity index is 668. The van der Waals surface area contributed by atoms with Gasteiger partial charge in [-0.3, -0.25) is 10.0 Å². The first-order valence-corrected chi connectivity index (χ1v) is 7.56. The lowest BCUT2D eigenvalue weighted by Gasteiger charge is -2.17. The van der Waals surface area contributed by atoms with Gasteiger partial charge >= 0.3 is 0 Å². The van der Waals surface area contributed by atoms with Crippen molar-refractivity contribution in [1.82, 2.24) is 5.48 Å². The molecule has 0 saturated carbocycles. The molecule has 0 saturated heterocycles. The van der Waals surface area contributed by atoms with Crippen LogP contribution in [-0.2, 0) is 4.79 Å². The standard InChI is InChI=1S/C18H24N2O5/c1-6-12(8-9-17(21)20-22)14(7-2)19-13-10-15(23-3)18(25-5)16(11-13)24-4/h6-11,19,22H,1-5H3,(H,20,21)/b9-8+,12-6-,14-7+. The van der Waals surface area contributed by atoms with Crippen LogP contribution >= 0.6 is 0 Å². The summed E-state index contributed by atoms with van der Waals surface area (Å²) in [6.45, 7) is 3.71. The minimum atomic E-state index is -0.609. The van der Waals surface area contributed by atoms with E-state index in [4.69, 9.17) is 19.4 Å². The van der Waals surface area contributed by atoms with Crippen LogP contribution in [0.1, 0.15) is 13.8 Å². The van der Waals surface area contributed by atoms with Crippen molar-refractivity contribution in [3.05, 3.63) is 47.7 Å². The maximum atomic E-state index is 11.2. The molecule has 136 valence electrons.